The number of carbonyl (C=O) groups excluding carboxylic acids is 1. The van der Waals surface area contributed by atoms with Gasteiger partial charge >= 0.3 is 6.03 Å². The van der Waals surface area contributed by atoms with Crippen molar-refractivity contribution >= 4 is 6.03 Å². The molecule has 130 valence electrons. The van der Waals surface area contributed by atoms with Gasteiger partial charge in [0.25, 0.3) is 0 Å². The molecule has 4 nitrogen and oxygen atoms in total. The minimum Gasteiger partial charge on any atom is -0.497 e. The second kappa shape index (κ2) is 6.66. The first-order chi connectivity index (χ1) is 11.7. The standard InChI is InChI=1S/C20H28N2O2/c1-24-15-7-5-13(6-8-15)9-10-21-20(23)22-19-12-14-11-18(19)17-4-2-3-16(14)17/h5-8,14,16-19H,2-4,9-12H2,1H3,(H2,21,22,23)/t14-,16-,17+,18+,19-/m1/s1. The van der Waals surface area contributed by atoms with Crippen molar-refractivity contribution in [3.8, 4) is 5.75 Å². The zero-order chi connectivity index (χ0) is 16.5. The first kappa shape index (κ1) is 15.8. The third-order valence-electron chi connectivity index (χ3n) is 6.60. The van der Waals surface area contributed by atoms with Crippen molar-refractivity contribution in [3.63, 3.8) is 0 Å². The molecule has 0 aromatic heterocycles. The van der Waals surface area contributed by atoms with E-state index in [4.69, 9.17) is 4.74 Å². The quantitative estimate of drug-likeness (QED) is 0.871. The fourth-order valence-electron chi connectivity index (χ4n) is 5.57. The molecular formula is C20H28N2O2. The highest BCUT2D eigenvalue weighted by molar-refractivity contribution is 5.74. The van der Waals surface area contributed by atoms with Crippen LogP contribution in [0.1, 0.15) is 37.7 Å². The smallest absolute Gasteiger partial charge is 0.315 e. The molecule has 1 aromatic carbocycles. The van der Waals surface area contributed by atoms with E-state index in [1.54, 1.807) is 7.11 Å². The van der Waals surface area contributed by atoms with Crippen LogP contribution in [0.4, 0.5) is 4.79 Å². The van der Waals surface area contributed by atoms with Gasteiger partial charge in [-0.25, -0.2) is 4.79 Å². The molecule has 2 bridgehead atoms. The molecule has 4 rings (SSSR count). The molecular weight excluding hydrogens is 300 g/mol. The molecule has 0 aliphatic heterocycles. The monoisotopic (exact) mass is 328 g/mol. The minimum absolute atomic E-state index is 0.00982. The van der Waals surface area contributed by atoms with Crippen molar-refractivity contribution in [1.82, 2.24) is 10.6 Å². The van der Waals surface area contributed by atoms with Crippen molar-refractivity contribution in [1.29, 1.82) is 0 Å². The van der Waals surface area contributed by atoms with Gasteiger partial charge in [-0.1, -0.05) is 18.6 Å². The van der Waals surface area contributed by atoms with E-state index in [2.05, 4.69) is 22.8 Å². The predicted molar refractivity (Wildman–Crippen MR) is 94.1 cm³/mol. The van der Waals surface area contributed by atoms with E-state index in [0.717, 1.165) is 35.8 Å². The average Bonchev–Trinajstić information content (AvgIpc) is 3.28. The number of amides is 2. The Balaban J connectivity index is 1.21. The molecule has 1 aromatic rings. The Labute approximate surface area is 144 Å². The molecule has 24 heavy (non-hydrogen) atoms. The zero-order valence-electron chi connectivity index (χ0n) is 14.5. The Morgan fingerprint density at radius 2 is 1.92 bits per heavy atom. The van der Waals surface area contributed by atoms with Gasteiger partial charge in [-0.2, -0.15) is 0 Å². The van der Waals surface area contributed by atoms with Crippen LogP contribution < -0.4 is 15.4 Å². The number of fused-ring (bicyclic) bond motifs is 5. The maximum absolute atomic E-state index is 12.2. The SMILES string of the molecule is COc1ccc(CCNC(=O)N[C@@H]2C[C@H]3C[C@H]2[C@H]2CCC[C@H]32)cc1. The lowest BCUT2D eigenvalue weighted by Gasteiger charge is -2.32. The summed E-state index contributed by atoms with van der Waals surface area (Å²) in [6.45, 7) is 0.672. The molecule has 4 heteroatoms. The van der Waals surface area contributed by atoms with Crippen LogP contribution in [0.5, 0.6) is 5.75 Å². The number of nitrogens with one attached hydrogen (secondary N) is 2. The van der Waals surface area contributed by atoms with E-state index in [0.29, 0.717) is 12.6 Å². The molecule has 5 atom stereocenters. The summed E-state index contributed by atoms with van der Waals surface area (Å²) < 4.78 is 5.16. The lowest BCUT2D eigenvalue weighted by atomic mass is 9.79. The fourth-order valence-corrected chi connectivity index (χ4v) is 5.57. The third kappa shape index (κ3) is 2.99. The lowest BCUT2D eigenvalue weighted by Crippen LogP contribution is -2.47. The maximum Gasteiger partial charge on any atom is 0.315 e. The van der Waals surface area contributed by atoms with Gasteiger partial charge in [0.1, 0.15) is 5.75 Å². The van der Waals surface area contributed by atoms with Gasteiger partial charge in [0.15, 0.2) is 0 Å². The van der Waals surface area contributed by atoms with E-state index in [1.165, 1.54) is 37.7 Å². The molecule has 3 saturated carbocycles. The first-order valence-electron chi connectivity index (χ1n) is 9.42. The summed E-state index contributed by atoms with van der Waals surface area (Å²) in [7, 11) is 1.67. The van der Waals surface area contributed by atoms with Crippen LogP contribution in [0.3, 0.4) is 0 Å². The summed E-state index contributed by atoms with van der Waals surface area (Å²) in [6, 6.07) is 8.44. The zero-order valence-corrected chi connectivity index (χ0v) is 14.5. The lowest BCUT2D eigenvalue weighted by molar-refractivity contribution is 0.198. The molecule has 3 fully saturated rings. The molecule has 0 spiro atoms. The van der Waals surface area contributed by atoms with Gasteiger partial charge in [-0.05, 0) is 73.5 Å². The summed E-state index contributed by atoms with van der Waals surface area (Å²) in [4.78, 5) is 12.2. The van der Waals surface area contributed by atoms with Crippen molar-refractivity contribution < 1.29 is 9.53 Å². The molecule has 2 amide bonds. The Hall–Kier alpha value is -1.71. The first-order valence-corrected chi connectivity index (χ1v) is 9.42. The van der Waals surface area contributed by atoms with E-state index in [-0.39, 0.29) is 6.03 Å². The van der Waals surface area contributed by atoms with Gasteiger partial charge in [0.05, 0.1) is 7.11 Å². The number of hydrogen-bond donors (Lipinski definition) is 2. The van der Waals surface area contributed by atoms with Crippen molar-refractivity contribution in [2.24, 2.45) is 23.7 Å². The Kier molecular flexibility index (Phi) is 4.38. The van der Waals surface area contributed by atoms with Crippen LogP contribution in [0.15, 0.2) is 24.3 Å². The number of carbonyl (C=O) groups is 1. The Morgan fingerprint density at radius 3 is 2.71 bits per heavy atom. The van der Waals surface area contributed by atoms with E-state index >= 15 is 0 Å². The molecule has 2 N–H and O–H groups in total. The van der Waals surface area contributed by atoms with Crippen LogP contribution >= 0.6 is 0 Å². The normalized spacial score (nSPS) is 33.3. The summed E-state index contributed by atoms with van der Waals surface area (Å²) in [6.07, 6.45) is 7.64. The van der Waals surface area contributed by atoms with Crippen LogP contribution in [0, 0.1) is 23.7 Å². The average molecular weight is 328 g/mol. The maximum atomic E-state index is 12.2. The van der Waals surface area contributed by atoms with Gasteiger partial charge in [0.2, 0.25) is 0 Å². The molecule has 3 aliphatic carbocycles. The molecule has 3 aliphatic rings. The minimum atomic E-state index is 0.00982. The number of methoxy groups -OCH3 is 1. The number of benzene rings is 1. The topological polar surface area (TPSA) is 50.4 Å². The number of urea groups is 1. The third-order valence-corrected chi connectivity index (χ3v) is 6.60. The van der Waals surface area contributed by atoms with Crippen LogP contribution in [-0.2, 0) is 6.42 Å². The molecule has 0 heterocycles. The molecule has 0 saturated heterocycles. The van der Waals surface area contributed by atoms with Crippen LogP contribution in [0.25, 0.3) is 0 Å². The van der Waals surface area contributed by atoms with Gasteiger partial charge < -0.3 is 15.4 Å². The van der Waals surface area contributed by atoms with Crippen LogP contribution in [0.2, 0.25) is 0 Å². The highest BCUT2D eigenvalue weighted by atomic mass is 16.5. The number of ether oxygens (including phenoxy) is 1. The molecule has 0 radical (unpaired) electrons. The van der Waals surface area contributed by atoms with E-state index < -0.39 is 0 Å². The van der Waals surface area contributed by atoms with Crippen LogP contribution in [-0.4, -0.2) is 25.7 Å². The Morgan fingerprint density at radius 1 is 1.12 bits per heavy atom. The largest absolute Gasteiger partial charge is 0.497 e. The Bertz CT molecular complexity index is 586. The summed E-state index contributed by atoms with van der Waals surface area (Å²) in [5, 5.41) is 6.28. The van der Waals surface area contributed by atoms with Crippen molar-refractivity contribution in [2.45, 2.75) is 44.6 Å². The van der Waals surface area contributed by atoms with Gasteiger partial charge in [-0.3, -0.25) is 0 Å². The van der Waals surface area contributed by atoms with Gasteiger partial charge in [0, 0.05) is 12.6 Å². The second-order valence-corrected chi connectivity index (χ2v) is 7.76. The highest BCUT2D eigenvalue weighted by Gasteiger charge is 2.53. The van der Waals surface area contributed by atoms with E-state index in [9.17, 15) is 4.79 Å². The van der Waals surface area contributed by atoms with Gasteiger partial charge in [-0.15, -0.1) is 0 Å². The number of hydrogen-bond acceptors (Lipinski definition) is 2. The highest BCUT2D eigenvalue weighted by Crippen LogP contribution is 2.58. The summed E-state index contributed by atoms with van der Waals surface area (Å²) in [5.74, 6) is 4.37. The number of rotatable bonds is 5. The van der Waals surface area contributed by atoms with E-state index in [1.807, 2.05) is 12.1 Å². The molecule has 0 unspecified atom stereocenters. The van der Waals surface area contributed by atoms with Crippen molar-refractivity contribution in [2.75, 3.05) is 13.7 Å². The fraction of sp³-hybridized carbons (Fsp3) is 0.650. The summed E-state index contributed by atoms with van der Waals surface area (Å²) >= 11 is 0. The summed E-state index contributed by atoms with van der Waals surface area (Å²) in [5.41, 5.74) is 1.21. The van der Waals surface area contributed by atoms with Crippen molar-refractivity contribution in [3.05, 3.63) is 29.8 Å². The predicted octanol–water partition coefficient (Wildman–Crippen LogP) is 3.36. The second-order valence-electron chi connectivity index (χ2n) is 7.76.